The fourth-order valence-corrected chi connectivity index (χ4v) is 3.43. The van der Waals surface area contributed by atoms with Gasteiger partial charge in [-0.25, -0.2) is 9.18 Å². The molecule has 2 aromatic carbocycles. The Morgan fingerprint density at radius 1 is 1.17 bits per heavy atom. The van der Waals surface area contributed by atoms with Crippen LogP contribution in [0.15, 0.2) is 74.2 Å². The zero-order valence-corrected chi connectivity index (χ0v) is 17.2. The van der Waals surface area contributed by atoms with Crippen molar-refractivity contribution in [2.45, 2.75) is 6.92 Å². The first kappa shape index (κ1) is 19.8. The summed E-state index contributed by atoms with van der Waals surface area (Å²) >= 11 is 3.26. The highest BCUT2D eigenvalue weighted by molar-refractivity contribution is 9.10. The van der Waals surface area contributed by atoms with Gasteiger partial charge in [-0.15, -0.1) is 0 Å². The minimum atomic E-state index is -1.08. The van der Waals surface area contributed by atoms with Gasteiger partial charge in [0.15, 0.2) is 0 Å². The zero-order valence-electron chi connectivity index (χ0n) is 15.6. The molecule has 1 aromatic heterocycles. The number of rotatable bonds is 4. The Labute approximate surface area is 179 Å². The highest BCUT2D eigenvalue weighted by Crippen LogP contribution is 2.30. The maximum Gasteiger partial charge on any atom is 0.336 e. The van der Waals surface area contributed by atoms with Crippen LogP contribution in [0.5, 0.6) is 0 Å². The first-order valence-corrected chi connectivity index (χ1v) is 9.63. The summed E-state index contributed by atoms with van der Waals surface area (Å²) in [6.07, 6.45) is 1.55. The van der Waals surface area contributed by atoms with E-state index in [0.29, 0.717) is 38.5 Å². The molecule has 3 aromatic rings. The third-order valence-electron chi connectivity index (χ3n) is 4.52. The molecule has 1 aliphatic heterocycles. The van der Waals surface area contributed by atoms with Crippen LogP contribution >= 0.6 is 15.9 Å². The van der Waals surface area contributed by atoms with Crippen molar-refractivity contribution in [3.63, 3.8) is 0 Å². The number of carboxylic acids is 1. The van der Waals surface area contributed by atoms with E-state index in [1.165, 1.54) is 35.3 Å². The van der Waals surface area contributed by atoms with Crippen molar-refractivity contribution >= 4 is 45.3 Å². The molecule has 1 N–H and O–H groups in total. The Morgan fingerprint density at radius 2 is 1.90 bits per heavy atom. The van der Waals surface area contributed by atoms with E-state index in [0.717, 1.165) is 0 Å². The number of benzene rings is 2. The average molecular weight is 469 g/mol. The Kier molecular flexibility index (Phi) is 5.09. The van der Waals surface area contributed by atoms with Crippen LogP contribution in [0, 0.1) is 5.82 Å². The topological polar surface area (TPSA) is 83.1 Å². The van der Waals surface area contributed by atoms with Gasteiger partial charge in [-0.05, 0) is 67.6 Å². The number of halogens is 2. The smallest absolute Gasteiger partial charge is 0.336 e. The average Bonchev–Trinajstić information content (AvgIpc) is 3.29. The van der Waals surface area contributed by atoms with E-state index in [9.17, 15) is 19.1 Å². The summed E-state index contributed by atoms with van der Waals surface area (Å²) in [5.74, 6) is -1.11. The Morgan fingerprint density at radius 3 is 2.60 bits per heavy atom. The molecule has 0 saturated carbocycles. The minimum absolute atomic E-state index is 0.0927. The molecule has 6 nitrogen and oxygen atoms in total. The summed E-state index contributed by atoms with van der Waals surface area (Å²) in [6.45, 7) is 1.69. The number of carbonyl (C=O) groups excluding carboxylic acids is 1. The van der Waals surface area contributed by atoms with Crippen LogP contribution in [0.25, 0.3) is 17.4 Å². The second-order valence-corrected chi connectivity index (χ2v) is 7.45. The predicted molar refractivity (Wildman–Crippen MR) is 114 cm³/mol. The molecule has 8 heteroatoms. The van der Waals surface area contributed by atoms with Crippen LogP contribution in [0.1, 0.15) is 23.0 Å². The highest BCUT2D eigenvalue weighted by atomic mass is 79.9. The second kappa shape index (κ2) is 7.72. The summed E-state index contributed by atoms with van der Waals surface area (Å²) in [5, 5.41) is 14.9. The molecule has 150 valence electrons. The van der Waals surface area contributed by atoms with Crippen LogP contribution in [0.2, 0.25) is 0 Å². The third kappa shape index (κ3) is 3.69. The molecule has 2 heterocycles. The van der Waals surface area contributed by atoms with Crippen LogP contribution < -0.4 is 5.01 Å². The van der Waals surface area contributed by atoms with Gasteiger partial charge >= 0.3 is 5.97 Å². The van der Waals surface area contributed by atoms with Crippen molar-refractivity contribution in [2.24, 2.45) is 5.10 Å². The van der Waals surface area contributed by atoms with Gasteiger partial charge in [0.1, 0.15) is 17.3 Å². The fraction of sp³-hybridized carbons (Fsp3) is 0.0455. The summed E-state index contributed by atoms with van der Waals surface area (Å²) in [4.78, 5) is 24.3. The lowest BCUT2D eigenvalue weighted by Gasteiger charge is -2.11. The third-order valence-corrected chi connectivity index (χ3v) is 5.02. The van der Waals surface area contributed by atoms with Crippen LogP contribution in [-0.2, 0) is 4.79 Å². The number of anilines is 1. The summed E-state index contributed by atoms with van der Waals surface area (Å²) < 4.78 is 19.6. The number of aromatic carboxylic acids is 1. The van der Waals surface area contributed by atoms with Gasteiger partial charge in [-0.3, -0.25) is 4.79 Å². The highest BCUT2D eigenvalue weighted by Gasteiger charge is 2.29. The van der Waals surface area contributed by atoms with Gasteiger partial charge in [0, 0.05) is 10.0 Å². The number of amides is 1. The molecule has 0 atom stereocenters. The molecular weight excluding hydrogens is 455 g/mol. The number of hydrazone groups is 1. The monoisotopic (exact) mass is 468 g/mol. The van der Waals surface area contributed by atoms with E-state index in [1.807, 2.05) is 0 Å². The van der Waals surface area contributed by atoms with E-state index < -0.39 is 11.8 Å². The quantitative estimate of drug-likeness (QED) is 0.522. The van der Waals surface area contributed by atoms with Crippen LogP contribution in [-0.4, -0.2) is 22.7 Å². The lowest BCUT2D eigenvalue weighted by Crippen LogP contribution is -2.21. The molecule has 0 saturated heterocycles. The second-order valence-electron chi connectivity index (χ2n) is 6.53. The number of carboxylic acid groups (broad SMARTS) is 1. The van der Waals surface area contributed by atoms with Gasteiger partial charge in [0.2, 0.25) is 0 Å². The first-order valence-electron chi connectivity index (χ1n) is 8.84. The number of hydrogen-bond acceptors (Lipinski definition) is 4. The maximum absolute atomic E-state index is 13.2. The Hall–Kier alpha value is -3.52. The Bertz CT molecular complexity index is 1230. The van der Waals surface area contributed by atoms with E-state index in [1.54, 1.807) is 37.3 Å². The molecule has 1 amide bonds. The molecule has 30 heavy (non-hydrogen) atoms. The molecule has 4 rings (SSSR count). The fourth-order valence-electron chi connectivity index (χ4n) is 3.07. The molecule has 0 aliphatic carbocycles. The molecular formula is C22H14BrFN2O4. The van der Waals surface area contributed by atoms with Crippen molar-refractivity contribution in [1.82, 2.24) is 0 Å². The largest absolute Gasteiger partial charge is 0.478 e. The molecule has 0 unspecified atom stereocenters. The van der Waals surface area contributed by atoms with E-state index >= 15 is 0 Å². The number of nitrogens with zero attached hydrogens (tertiary/aromatic N) is 2. The molecule has 1 aliphatic rings. The number of hydrogen-bond donors (Lipinski definition) is 1. The minimum Gasteiger partial charge on any atom is -0.478 e. The molecule has 0 bridgehead atoms. The Balaban J connectivity index is 1.65. The number of furan rings is 1. The molecule has 0 radical (unpaired) electrons. The van der Waals surface area contributed by atoms with E-state index in [2.05, 4.69) is 21.0 Å². The van der Waals surface area contributed by atoms with Crippen molar-refractivity contribution in [1.29, 1.82) is 0 Å². The van der Waals surface area contributed by atoms with Crippen molar-refractivity contribution < 1.29 is 23.5 Å². The van der Waals surface area contributed by atoms with Crippen molar-refractivity contribution in [3.05, 3.63) is 81.8 Å². The van der Waals surface area contributed by atoms with Gasteiger partial charge in [0.25, 0.3) is 5.91 Å². The lowest BCUT2D eigenvalue weighted by atomic mass is 10.1. The normalized spacial score (nSPS) is 15.0. The molecule has 0 fully saturated rings. The zero-order chi connectivity index (χ0) is 21.4. The van der Waals surface area contributed by atoms with Gasteiger partial charge < -0.3 is 9.52 Å². The number of carbonyl (C=O) groups is 2. The standard InChI is InChI=1S/C22H14BrFN2O4/c1-12-18(21(27)26(25-12)15-5-3-14(24)4-6-15)11-16-7-9-20(30-16)17-8-2-13(23)10-19(17)22(28)29/h2-11H,1H3,(H,28,29)/b18-11-. The first-order chi connectivity index (χ1) is 14.3. The SMILES string of the molecule is CC1=NN(c2ccc(F)cc2)C(=O)/C1=C\c1ccc(-c2ccc(Br)cc2C(=O)O)o1. The van der Waals surface area contributed by atoms with Crippen LogP contribution in [0.3, 0.4) is 0 Å². The summed E-state index contributed by atoms with van der Waals surface area (Å²) in [5.41, 5.74) is 1.78. The predicted octanol–water partition coefficient (Wildman–Crippen LogP) is 5.35. The maximum atomic E-state index is 13.2. The van der Waals surface area contributed by atoms with Gasteiger partial charge in [-0.2, -0.15) is 10.1 Å². The van der Waals surface area contributed by atoms with Gasteiger partial charge in [-0.1, -0.05) is 15.9 Å². The molecule has 0 spiro atoms. The van der Waals surface area contributed by atoms with E-state index in [4.69, 9.17) is 4.42 Å². The van der Waals surface area contributed by atoms with Crippen LogP contribution in [0.4, 0.5) is 10.1 Å². The summed E-state index contributed by atoms with van der Waals surface area (Å²) in [6, 6.07) is 13.6. The lowest BCUT2D eigenvalue weighted by molar-refractivity contribution is -0.114. The van der Waals surface area contributed by atoms with Crippen molar-refractivity contribution in [2.75, 3.05) is 5.01 Å². The van der Waals surface area contributed by atoms with E-state index in [-0.39, 0.29) is 11.5 Å². The summed E-state index contributed by atoms with van der Waals surface area (Å²) in [7, 11) is 0. The van der Waals surface area contributed by atoms with Gasteiger partial charge in [0.05, 0.1) is 22.5 Å². The van der Waals surface area contributed by atoms with Crippen molar-refractivity contribution in [3.8, 4) is 11.3 Å².